The number of aliphatic carboxylic acids is 1. The topological polar surface area (TPSA) is 124 Å². The van der Waals surface area contributed by atoms with Crippen molar-refractivity contribution in [3.8, 4) is 5.75 Å². The fourth-order valence-electron chi connectivity index (χ4n) is 1.76. The molecule has 1 unspecified atom stereocenters. The molecule has 0 bridgehead atoms. The Morgan fingerprint density at radius 2 is 2.00 bits per heavy atom. The zero-order valence-corrected chi connectivity index (χ0v) is 19.1. The average Bonchev–Trinajstić information content (AvgIpc) is 2.56. The minimum Gasteiger partial charge on any atom is -0.870 e. The molecule has 1 rings (SSSR count). The largest absolute Gasteiger partial charge is 0.870 e. The van der Waals surface area contributed by atoms with E-state index in [4.69, 9.17) is 19.3 Å². The van der Waals surface area contributed by atoms with E-state index in [1.165, 1.54) is 0 Å². The van der Waals surface area contributed by atoms with Crippen molar-refractivity contribution in [3.05, 3.63) is 29.8 Å². The van der Waals surface area contributed by atoms with Gasteiger partial charge in [0, 0.05) is 0 Å². The molecule has 0 aromatic heterocycles. The van der Waals surface area contributed by atoms with Gasteiger partial charge in [0.2, 0.25) is 0 Å². The molecule has 0 saturated heterocycles. The van der Waals surface area contributed by atoms with Gasteiger partial charge in [0.25, 0.3) is 0 Å². The number of carboxylic acids is 1. The maximum absolute atomic E-state index is 12.3. The van der Waals surface area contributed by atoms with Crippen LogP contribution in [0.1, 0.15) is 10.4 Å². The predicted octanol–water partition coefficient (Wildman–Crippen LogP) is 0.700. The number of carbonyl (C=O) groups excluding carboxylic acids is 1. The SMILES string of the molecule is COCCOC([CH2][Hg+])CNC(=O)c1ccccc1OCC(=O)O.[OH-]. The van der Waals surface area contributed by atoms with Crippen molar-refractivity contribution in [2.24, 2.45) is 0 Å². The molecule has 1 aromatic carbocycles. The molecular weight excluding hydrogens is 507 g/mol. The second-order valence-corrected chi connectivity index (χ2v) is 6.91. The van der Waals surface area contributed by atoms with Gasteiger partial charge in [-0.15, -0.1) is 0 Å². The first-order chi connectivity index (χ1) is 11.1. The third kappa shape index (κ3) is 8.58. The maximum atomic E-state index is 12.3. The van der Waals surface area contributed by atoms with Crippen LogP contribution in [0, 0.1) is 0 Å². The summed E-state index contributed by atoms with van der Waals surface area (Å²) >= 11 is 0.559. The Bertz CT molecular complexity index is 512. The quantitative estimate of drug-likeness (QED) is 0.321. The number of carbonyl (C=O) groups is 2. The van der Waals surface area contributed by atoms with Crippen LogP contribution < -0.4 is 10.1 Å². The summed E-state index contributed by atoms with van der Waals surface area (Å²) in [5.41, 5.74) is 0.308. The van der Waals surface area contributed by atoms with Crippen LogP contribution in [0.2, 0.25) is 3.93 Å². The van der Waals surface area contributed by atoms with Crippen molar-refractivity contribution in [1.29, 1.82) is 0 Å². The first kappa shape index (κ1) is 22.8. The summed E-state index contributed by atoms with van der Waals surface area (Å²) in [6, 6.07) is 6.55. The molecule has 24 heavy (non-hydrogen) atoms. The molecule has 1 amide bonds. The zero-order chi connectivity index (χ0) is 17.1. The number of nitrogens with one attached hydrogen (secondary N) is 1. The van der Waals surface area contributed by atoms with Crippen molar-refractivity contribution >= 4 is 11.9 Å². The van der Waals surface area contributed by atoms with E-state index < -0.39 is 12.6 Å². The molecular formula is C15H21HgNO7. The molecule has 0 heterocycles. The number of para-hydroxylation sites is 1. The Morgan fingerprint density at radius 3 is 2.62 bits per heavy atom. The van der Waals surface area contributed by atoms with Gasteiger partial charge < -0.3 is 5.48 Å². The van der Waals surface area contributed by atoms with E-state index >= 15 is 0 Å². The number of hydrogen-bond acceptors (Lipinski definition) is 6. The van der Waals surface area contributed by atoms with Crippen LogP contribution in [0.4, 0.5) is 0 Å². The maximum Gasteiger partial charge on any atom is -0.870 e. The third-order valence-corrected chi connectivity index (χ3v) is 5.44. The molecule has 3 N–H and O–H groups in total. The predicted molar refractivity (Wildman–Crippen MR) is 80.3 cm³/mol. The van der Waals surface area contributed by atoms with Crippen LogP contribution in [-0.4, -0.2) is 62.0 Å². The van der Waals surface area contributed by atoms with Gasteiger partial charge in [-0.2, -0.15) is 0 Å². The van der Waals surface area contributed by atoms with E-state index in [0.29, 0.717) is 51.4 Å². The van der Waals surface area contributed by atoms with Crippen molar-refractivity contribution in [2.75, 3.05) is 33.5 Å². The van der Waals surface area contributed by atoms with Crippen LogP contribution in [-0.2, 0) is 40.4 Å². The normalized spacial score (nSPS) is 11.3. The molecule has 0 aliphatic heterocycles. The van der Waals surface area contributed by atoms with Gasteiger partial charge in [-0.1, -0.05) is 0 Å². The summed E-state index contributed by atoms with van der Waals surface area (Å²) < 4.78 is 16.6. The number of ether oxygens (including phenoxy) is 3. The molecule has 0 saturated carbocycles. The molecule has 1 aromatic rings. The number of methoxy groups -OCH3 is 1. The van der Waals surface area contributed by atoms with Crippen molar-refractivity contribution < 1.29 is 60.5 Å². The molecule has 0 aliphatic carbocycles. The van der Waals surface area contributed by atoms with Gasteiger partial charge in [0.15, 0.2) is 0 Å². The van der Waals surface area contributed by atoms with Crippen molar-refractivity contribution in [3.63, 3.8) is 0 Å². The number of amides is 1. The second-order valence-electron chi connectivity index (χ2n) is 4.66. The molecule has 1 atom stereocenters. The van der Waals surface area contributed by atoms with Crippen LogP contribution in [0.5, 0.6) is 5.75 Å². The van der Waals surface area contributed by atoms with Gasteiger partial charge in [-0.3, -0.25) is 0 Å². The first-order valence-electron chi connectivity index (χ1n) is 7.20. The Hall–Kier alpha value is -1.22. The smallest absolute Gasteiger partial charge is 0.870 e. The Labute approximate surface area is 156 Å². The zero-order valence-electron chi connectivity index (χ0n) is 13.6. The van der Waals surface area contributed by atoms with Crippen LogP contribution in [0.25, 0.3) is 0 Å². The Balaban J connectivity index is 0.00000529. The number of benzene rings is 1. The first-order valence-corrected chi connectivity index (χ1v) is 11.1. The van der Waals surface area contributed by atoms with Crippen LogP contribution >= 0.6 is 0 Å². The van der Waals surface area contributed by atoms with E-state index in [9.17, 15) is 9.59 Å². The van der Waals surface area contributed by atoms with Gasteiger partial charge in [-0.25, -0.2) is 0 Å². The van der Waals surface area contributed by atoms with Crippen LogP contribution in [0.3, 0.4) is 0 Å². The van der Waals surface area contributed by atoms with E-state index in [1.807, 2.05) is 0 Å². The molecule has 8 nitrogen and oxygen atoms in total. The van der Waals surface area contributed by atoms with Gasteiger partial charge in [-0.05, 0) is 0 Å². The summed E-state index contributed by atoms with van der Waals surface area (Å²) in [6.45, 7) is 0.922. The van der Waals surface area contributed by atoms with E-state index in [-0.39, 0.29) is 23.2 Å². The Morgan fingerprint density at radius 1 is 1.29 bits per heavy atom. The van der Waals surface area contributed by atoms with E-state index in [0.717, 1.165) is 3.93 Å². The van der Waals surface area contributed by atoms with Crippen molar-refractivity contribution in [1.82, 2.24) is 5.32 Å². The van der Waals surface area contributed by atoms with Crippen LogP contribution in [0.15, 0.2) is 24.3 Å². The summed E-state index contributed by atoms with van der Waals surface area (Å²) in [7, 11) is 1.61. The summed E-state index contributed by atoms with van der Waals surface area (Å²) in [5.74, 6) is -1.16. The van der Waals surface area contributed by atoms with Gasteiger partial charge >= 0.3 is 151 Å². The molecule has 0 fully saturated rings. The molecule has 0 spiro atoms. The minimum atomic E-state index is -1.09. The molecule has 130 valence electrons. The minimum absolute atomic E-state index is 0. The fourth-order valence-corrected chi connectivity index (χ4v) is 3.21. The summed E-state index contributed by atoms with van der Waals surface area (Å²) in [6.07, 6.45) is -0.0236. The fraction of sp³-hybridized carbons (Fsp3) is 0.467. The van der Waals surface area contributed by atoms with Gasteiger partial charge in [0.05, 0.1) is 0 Å². The van der Waals surface area contributed by atoms with Gasteiger partial charge in [0.1, 0.15) is 0 Å². The second kappa shape index (κ2) is 13.1. The molecule has 9 heteroatoms. The standard InChI is InChI=1S/C15H20NO6.Hg.H2O/c1-11(21-8-7-20-2)9-16-15(19)12-5-3-4-6-13(12)22-10-14(17)18;;/h3-6,11H,1,7-10H2,2H3,(H,16,19)(H,17,18);;1H2/q;+1;/p-1. The van der Waals surface area contributed by atoms with Crippen molar-refractivity contribution in [2.45, 2.75) is 10.0 Å². The summed E-state index contributed by atoms with van der Waals surface area (Å²) in [4.78, 5) is 22.8. The van der Waals surface area contributed by atoms with E-state index in [2.05, 4.69) is 5.32 Å². The average molecular weight is 528 g/mol. The third-order valence-electron chi connectivity index (χ3n) is 2.94. The number of rotatable bonds is 11. The number of hydrogen-bond donors (Lipinski definition) is 2. The monoisotopic (exact) mass is 529 g/mol. The van der Waals surface area contributed by atoms with E-state index in [1.54, 1.807) is 31.4 Å². The molecule has 0 aliphatic rings. The molecule has 0 radical (unpaired) electrons. The number of carboxylic acid groups (broad SMARTS) is 1. The summed E-state index contributed by atoms with van der Waals surface area (Å²) in [5, 5.41) is 11.5. The Kier molecular flexibility index (Phi) is 12.4.